The van der Waals surface area contributed by atoms with Crippen LogP contribution in [0, 0.1) is 5.92 Å². The van der Waals surface area contributed by atoms with Crippen LogP contribution in [0.4, 0.5) is 0 Å². The summed E-state index contributed by atoms with van der Waals surface area (Å²) in [5.74, 6) is -0.354. The Balaban J connectivity index is 2.12. The lowest BCUT2D eigenvalue weighted by Crippen LogP contribution is -2.50. The molecule has 0 unspecified atom stereocenters. The van der Waals surface area contributed by atoms with Crippen LogP contribution in [0.3, 0.4) is 0 Å². The fourth-order valence-electron chi connectivity index (χ4n) is 2.65. The molecule has 1 aliphatic heterocycles. The van der Waals surface area contributed by atoms with Crippen LogP contribution in [-0.2, 0) is 14.8 Å². The molecule has 1 N–H and O–H groups in total. The molecule has 2 rings (SSSR count). The number of carbonyl (C=O) groups is 1. The van der Waals surface area contributed by atoms with Gasteiger partial charge in [-0.1, -0.05) is 22.9 Å². The van der Waals surface area contributed by atoms with Crippen molar-refractivity contribution >= 4 is 31.9 Å². The number of halogens is 1. The zero-order valence-electron chi connectivity index (χ0n) is 14.4. The molecule has 0 aliphatic carbocycles. The number of piperidine rings is 1. The molecule has 0 saturated carbocycles. The first-order chi connectivity index (χ1) is 11.2. The summed E-state index contributed by atoms with van der Waals surface area (Å²) in [6.45, 7) is 6.67. The molecule has 1 amide bonds. The monoisotopic (exact) mass is 416 g/mol. The summed E-state index contributed by atoms with van der Waals surface area (Å²) < 4.78 is 27.8. The van der Waals surface area contributed by atoms with Gasteiger partial charge in [0.15, 0.2) is 0 Å². The van der Waals surface area contributed by atoms with Gasteiger partial charge in [-0.25, -0.2) is 8.42 Å². The smallest absolute Gasteiger partial charge is 0.243 e. The molecule has 1 heterocycles. The van der Waals surface area contributed by atoms with Crippen LogP contribution in [0.25, 0.3) is 0 Å². The largest absolute Gasteiger partial charge is 0.351 e. The second-order valence-electron chi connectivity index (χ2n) is 6.88. The highest BCUT2D eigenvalue weighted by atomic mass is 79.9. The Hall–Kier alpha value is -0.920. The van der Waals surface area contributed by atoms with Crippen molar-refractivity contribution in [3.05, 3.63) is 28.7 Å². The molecule has 24 heavy (non-hydrogen) atoms. The van der Waals surface area contributed by atoms with Crippen molar-refractivity contribution in [2.75, 3.05) is 13.1 Å². The summed E-state index contributed by atoms with van der Waals surface area (Å²) in [6, 6.07) is 6.60. The highest BCUT2D eigenvalue weighted by Gasteiger charge is 2.34. The van der Waals surface area contributed by atoms with Crippen LogP contribution in [0.15, 0.2) is 33.6 Å². The number of benzene rings is 1. The van der Waals surface area contributed by atoms with Gasteiger partial charge in [-0.15, -0.1) is 0 Å². The van der Waals surface area contributed by atoms with Crippen molar-refractivity contribution in [2.45, 2.75) is 50.5 Å². The van der Waals surface area contributed by atoms with E-state index < -0.39 is 10.0 Å². The molecule has 0 spiro atoms. The van der Waals surface area contributed by atoms with E-state index in [1.807, 2.05) is 20.8 Å². The normalized spacial score (nSPS) is 19.9. The van der Waals surface area contributed by atoms with E-state index in [0.717, 1.165) is 17.3 Å². The van der Waals surface area contributed by atoms with Gasteiger partial charge in [-0.05, 0) is 57.4 Å². The van der Waals surface area contributed by atoms with Gasteiger partial charge < -0.3 is 5.32 Å². The molecule has 0 radical (unpaired) electrons. The number of carbonyl (C=O) groups excluding carboxylic acids is 1. The van der Waals surface area contributed by atoms with Gasteiger partial charge in [0, 0.05) is 23.1 Å². The van der Waals surface area contributed by atoms with E-state index in [1.54, 1.807) is 24.3 Å². The number of hydrogen-bond donors (Lipinski definition) is 1. The quantitative estimate of drug-likeness (QED) is 0.801. The molecule has 5 nitrogen and oxygen atoms in total. The summed E-state index contributed by atoms with van der Waals surface area (Å²) in [5, 5.41) is 3.03. The fraction of sp³-hybridized carbons (Fsp3) is 0.588. The first kappa shape index (κ1) is 19.4. The lowest BCUT2D eigenvalue weighted by molar-refractivity contribution is -0.127. The zero-order chi connectivity index (χ0) is 18.0. The lowest BCUT2D eigenvalue weighted by atomic mass is 9.95. The maximum absolute atomic E-state index is 12.8. The van der Waals surface area contributed by atoms with Gasteiger partial charge >= 0.3 is 0 Å². The first-order valence-corrected chi connectivity index (χ1v) is 10.5. The van der Waals surface area contributed by atoms with Crippen molar-refractivity contribution in [3.8, 4) is 0 Å². The van der Waals surface area contributed by atoms with E-state index in [4.69, 9.17) is 0 Å². The second kappa shape index (κ2) is 7.54. The number of sulfonamides is 1. The Morgan fingerprint density at radius 1 is 1.33 bits per heavy atom. The van der Waals surface area contributed by atoms with E-state index in [-0.39, 0.29) is 28.8 Å². The molecular formula is C17H25BrN2O3S. The van der Waals surface area contributed by atoms with Gasteiger partial charge in [0.2, 0.25) is 15.9 Å². The molecule has 1 aromatic carbocycles. The number of amides is 1. The minimum Gasteiger partial charge on any atom is -0.351 e. The minimum absolute atomic E-state index is 0.0578. The van der Waals surface area contributed by atoms with E-state index >= 15 is 0 Å². The third-order valence-corrected chi connectivity index (χ3v) is 6.96. The average Bonchev–Trinajstić information content (AvgIpc) is 2.55. The molecule has 0 aromatic heterocycles. The standard InChI is InChI=1S/C17H25BrN2O3S/c1-4-17(2,3)19-16(21)13-6-5-11-20(12-13)24(22,23)15-9-7-14(18)8-10-15/h7-10,13H,4-6,11-12H2,1-3H3,(H,19,21)/t13-/m0/s1. The summed E-state index contributed by atoms with van der Waals surface area (Å²) >= 11 is 3.31. The molecule has 1 atom stereocenters. The third kappa shape index (κ3) is 4.58. The maximum Gasteiger partial charge on any atom is 0.243 e. The Morgan fingerprint density at radius 3 is 2.54 bits per heavy atom. The summed E-state index contributed by atoms with van der Waals surface area (Å²) in [6.07, 6.45) is 2.24. The first-order valence-electron chi connectivity index (χ1n) is 8.23. The minimum atomic E-state index is -3.56. The van der Waals surface area contributed by atoms with Crippen molar-refractivity contribution in [1.82, 2.24) is 9.62 Å². The van der Waals surface area contributed by atoms with Crippen molar-refractivity contribution in [3.63, 3.8) is 0 Å². The van der Waals surface area contributed by atoms with Crippen molar-refractivity contribution < 1.29 is 13.2 Å². The third-order valence-electron chi connectivity index (χ3n) is 4.55. The summed E-state index contributed by atoms with van der Waals surface area (Å²) in [4.78, 5) is 12.8. The van der Waals surface area contributed by atoms with E-state index in [1.165, 1.54) is 4.31 Å². The van der Waals surface area contributed by atoms with Crippen molar-refractivity contribution in [2.24, 2.45) is 5.92 Å². The van der Waals surface area contributed by atoms with Gasteiger partial charge in [-0.2, -0.15) is 4.31 Å². The number of hydrogen-bond acceptors (Lipinski definition) is 3. The Kier molecular flexibility index (Phi) is 6.09. The zero-order valence-corrected chi connectivity index (χ0v) is 16.8. The topological polar surface area (TPSA) is 66.5 Å². The van der Waals surface area contributed by atoms with Crippen LogP contribution < -0.4 is 5.32 Å². The van der Waals surface area contributed by atoms with Crippen molar-refractivity contribution in [1.29, 1.82) is 0 Å². The van der Waals surface area contributed by atoms with E-state index in [2.05, 4.69) is 21.2 Å². The molecule has 7 heteroatoms. The molecule has 0 bridgehead atoms. The Morgan fingerprint density at radius 2 is 1.96 bits per heavy atom. The Bertz CT molecular complexity index is 686. The lowest BCUT2D eigenvalue weighted by Gasteiger charge is -2.33. The predicted octanol–water partition coefficient (Wildman–Crippen LogP) is 3.15. The van der Waals surface area contributed by atoms with Crippen LogP contribution in [0.2, 0.25) is 0 Å². The number of nitrogens with zero attached hydrogens (tertiary/aromatic N) is 1. The highest BCUT2D eigenvalue weighted by molar-refractivity contribution is 9.10. The van der Waals surface area contributed by atoms with E-state index in [0.29, 0.717) is 13.0 Å². The molecular weight excluding hydrogens is 392 g/mol. The Labute approximate surface area is 153 Å². The average molecular weight is 417 g/mol. The number of rotatable bonds is 5. The SMILES string of the molecule is CCC(C)(C)NC(=O)[C@H]1CCCN(S(=O)(=O)c2ccc(Br)cc2)C1. The van der Waals surface area contributed by atoms with Crippen LogP contribution in [-0.4, -0.2) is 37.3 Å². The summed E-state index contributed by atoms with van der Waals surface area (Å²) in [7, 11) is -3.56. The second-order valence-corrected chi connectivity index (χ2v) is 9.74. The highest BCUT2D eigenvalue weighted by Crippen LogP contribution is 2.25. The molecule has 1 saturated heterocycles. The van der Waals surface area contributed by atoms with Gasteiger partial charge in [0.25, 0.3) is 0 Å². The number of nitrogens with one attached hydrogen (secondary N) is 1. The van der Waals surface area contributed by atoms with Crippen LogP contribution in [0.5, 0.6) is 0 Å². The van der Waals surface area contributed by atoms with Crippen LogP contribution in [0.1, 0.15) is 40.0 Å². The maximum atomic E-state index is 12.8. The van der Waals surface area contributed by atoms with Crippen LogP contribution >= 0.6 is 15.9 Å². The molecule has 1 fully saturated rings. The molecule has 1 aromatic rings. The molecule has 134 valence electrons. The van der Waals surface area contributed by atoms with Gasteiger partial charge in [0.05, 0.1) is 10.8 Å². The molecule has 1 aliphatic rings. The van der Waals surface area contributed by atoms with E-state index in [9.17, 15) is 13.2 Å². The van der Waals surface area contributed by atoms with Gasteiger partial charge in [-0.3, -0.25) is 4.79 Å². The fourth-order valence-corrected chi connectivity index (χ4v) is 4.44. The van der Waals surface area contributed by atoms with Gasteiger partial charge in [0.1, 0.15) is 0 Å². The summed E-state index contributed by atoms with van der Waals surface area (Å²) in [5.41, 5.74) is -0.274. The predicted molar refractivity (Wildman–Crippen MR) is 98.1 cm³/mol.